The fourth-order valence-corrected chi connectivity index (χ4v) is 3.65. The minimum atomic E-state index is 0.0267. The van der Waals surface area contributed by atoms with Crippen LogP contribution in [0.5, 0.6) is 5.88 Å². The number of aromatic nitrogens is 4. The van der Waals surface area contributed by atoms with Crippen LogP contribution in [0.3, 0.4) is 0 Å². The number of imidazole rings is 1. The summed E-state index contributed by atoms with van der Waals surface area (Å²) in [5.74, 6) is 0.744. The Kier molecular flexibility index (Phi) is 4.71. The van der Waals surface area contributed by atoms with Crippen molar-refractivity contribution in [1.29, 1.82) is 0 Å². The Morgan fingerprint density at radius 2 is 1.48 bits per heavy atom. The fourth-order valence-electron chi connectivity index (χ4n) is 3.65. The number of benzene rings is 2. The first-order chi connectivity index (χ1) is 15.0. The molecule has 5 nitrogen and oxygen atoms in total. The highest BCUT2D eigenvalue weighted by atomic mass is 16.3. The zero-order chi connectivity index (χ0) is 21.4. The summed E-state index contributed by atoms with van der Waals surface area (Å²) in [6.45, 7) is 4.82. The van der Waals surface area contributed by atoms with E-state index in [1.165, 1.54) is 22.3 Å². The highest BCUT2D eigenvalue weighted by Gasteiger charge is 2.13. The molecule has 0 aliphatic carbocycles. The second-order valence-electron chi connectivity index (χ2n) is 7.80. The van der Waals surface area contributed by atoms with Gasteiger partial charge in [-0.05, 0) is 48.2 Å². The molecular formula is C26H22N4O. The van der Waals surface area contributed by atoms with Gasteiger partial charge in [-0.15, -0.1) is 0 Å². The summed E-state index contributed by atoms with van der Waals surface area (Å²) in [7, 11) is 0. The molecular weight excluding hydrogens is 384 g/mol. The molecule has 0 amide bonds. The standard InChI is InChI=1S/C26H22N4O/c1-17-6-7-21(14-18(17)2)19-8-10-20(11-9-19)26-28-23-12-13-30(16-24(23)29-26)15-22-4-3-5-25(31)27-22/h3-14,16H,15H2,1-2H3,(H,27,31). The average molecular weight is 406 g/mol. The summed E-state index contributed by atoms with van der Waals surface area (Å²) >= 11 is 0. The first-order valence-corrected chi connectivity index (χ1v) is 10.2. The maximum Gasteiger partial charge on any atom is 0.210 e. The number of hydrogen-bond acceptors (Lipinski definition) is 4. The van der Waals surface area contributed by atoms with Crippen LogP contribution in [0.4, 0.5) is 0 Å². The molecule has 0 saturated heterocycles. The van der Waals surface area contributed by atoms with Crippen LogP contribution in [-0.2, 0) is 6.54 Å². The molecule has 152 valence electrons. The molecule has 31 heavy (non-hydrogen) atoms. The quantitative estimate of drug-likeness (QED) is 0.429. The number of rotatable bonds is 4. The monoisotopic (exact) mass is 406 g/mol. The van der Waals surface area contributed by atoms with Crippen molar-refractivity contribution in [1.82, 2.24) is 19.5 Å². The summed E-state index contributed by atoms with van der Waals surface area (Å²) in [4.78, 5) is 13.6. The highest BCUT2D eigenvalue weighted by Crippen LogP contribution is 2.28. The summed E-state index contributed by atoms with van der Waals surface area (Å²) in [6.07, 6.45) is 3.91. The molecule has 0 radical (unpaired) electrons. The van der Waals surface area contributed by atoms with Crippen molar-refractivity contribution in [2.24, 2.45) is 0 Å². The lowest BCUT2D eigenvalue weighted by atomic mass is 9.99. The van der Waals surface area contributed by atoms with Crippen molar-refractivity contribution in [3.05, 3.63) is 95.9 Å². The Balaban J connectivity index is 1.41. The van der Waals surface area contributed by atoms with E-state index in [1.54, 1.807) is 12.1 Å². The van der Waals surface area contributed by atoms with Crippen LogP contribution in [0.25, 0.3) is 33.9 Å². The number of pyridine rings is 2. The van der Waals surface area contributed by atoms with Gasteiger partial charge in [-0.2, -0.15) is 0 Å². The van der Waals surface area contributed by atoms with E-state index in [0.29, 0.717) is 6.54 Å². The first kappa shape index (κ1) is 19.0. The highest BCUT2D eigenvalue weighted by molar-refractivity contribution is 5.71. The third-order valence-electron chi connectivity index (χ3n) is 5.55. The zero-order valence-electron chi connectivity index (χ0n) is 17.4. The van der Waals surface area contributed by atoms with Gasteiger partial charge in [-0.1, -0.05) is 48.5 Å². The van der Waals surface area contributed by atoms with Crippen LogP contribution >= 0.6 is 0 Å². The number of hydrogen-bond donors (Lipinski definition) is 1. The second-order valence-corrected chi connectivity index (χ2v) is 7.80. The van der Waals surface area contributed by atoms with Crippen LogP contribution in [0.1, 0.15) is 16.8 Å². The average Bonchev–Trinajstić information content (AvgIpc) is 3.19. The van der Waals surface area contributed by atoms with E-state index in [9.17, 15) is 5.11 Å². The number of fused-ring (bicyclic) bond motifs is 1. The summed E-state index contributed by atoms with van der Waals surface area (Å²) in [6, 6.07) is 22.1. The van der Waals surface area contributed by atoms with Crippen molar-refractivity contribution in [3.63, 3.8) is 0 Å². The Hall–Kier alpha value is -3.99. The Bertz CT molecular complexity index is 1340. The molecule has 0 saturated carbocycles. The van der Waals surface area contributed by atoms with Gasteiger partial charge in [0.1, 0.15) is 5.69 Å². The van der Waals surface area contributed by atoms with Crippen LogP contribution in [0.15, 0.2) is 79.1 Å². The molecule has 0 fully saturated rings. The fraction of sp³-hybridized carbons (Fsp3) is 0.115. The van der Waals surface area contributed by atoms with Gasteiger partial charge >= 0.3 is 0 Å². The lowest BCUT2D eigenvalue weighted by molar-refractivity contribution is 0.450. The predicted molar refractivity (Wildman–Crippen MR) is 122 cm³/mol. The van der Waals surface area contributed by atoms with Gasteiger partial charge in [-0.25, -0.2) is 15.0 Å². The summed E-state index contributed by atoms with van der Waals surface area (Å²) in [5.41, 5.74) is 8.44. The van der Waals surface area contributed by atoms with Gasteiger partial charge in [0.15, 0.2) is 5.82 Å². The lowest BCUT2D eigenvalue weighted by Gasteiger charge is -2.07. The summed E-state index contributed by atoms with van der Waals surface area (Å²) in [5, 5.41) is 9.57. The maximum absolute atomic E-state index is 9.57. The van der Waals surface area contributed by atoms with Gasteiger partial charge in [0.2, 0.25) is 5.88 Å². The molecule has 0 atom stereocenters. The van der Waals surface area contributed by atoms with E-state index >= 15 is 0 Å². The lowest BCUT2D eigenvalue weighted by Crippen LogP contribution is -2.02. The van der Waals surface area contributed by atoms with Crippen molar-refractivity contribution in [2.75, 3.05) is 0 Å². The Morgan fingerprint density at radius 1 is 0.742 bits per heavy atom. The molecule has 1 N–H and O–H groups in total. The van der Waals surface area contributed by atoms with Crippen molar-refractivity contribution < 1.29 is 5.11 Å². The molecule has 2 aliphatic rings. The SMILES string of the molecule is Cc1ccc(-c2ccc(-c3nc4ccn(Cc5cccc(O)n5)cc-4n3)cc2)cc1C. The summed E-state index contributed by atoms with van der Waals surface area (Å²) < 4.78 is 1.99. The topological polar surface area (TPSA) is 63.8 Å². The van der Waals surface area contributed by atoms with Crippen LogP contribution < -0.4 is 0 Å². The van der Waals surface area contributed by atoms with E-state index in [0.717, 1.165) is 28.5 Å². The van der Waals surface area contributed by atoms with E-state index < -0.39 is 0 Å². The Labute approximate surface area is 181 Å². The van der Waals surface area contributed by atoms with Gasteiger partial charge < -0.3 is 9.67 Å². The molecule has 1 aromatic heterocycles. The van der Waals surface area contributed by atoms with E-state index in [1.807, 2.05) is 29.1 Å². The van der Waals surface area contributed by atoms with Crippen LogP contribution in [0, 0.1) is 13.8 Å². The second kappa shape index (κ2) is 7.69. The van der Waals surface area contributed by atoms with E-state index in [2.05, 4.69) is 61.3 Å². The molecule has 2 aromatic carbocycles. The molecule has 5 heteroatoms. The van der Waals surface area contributed by atoms with Crippen molar-refractivity contribution >= 4 is 0 Å². The third-order valence-corrected chi connectivity index (χ3v) is 5.55. The number of nitrogens with zero attached hydrogens (tertiary/aromatic N) is 4. The van der Waals surface area contributed by atoms with Crippen LogP contribution in [-0.4, -0.2) is 24.6 Å². The molecule has 3 heterocycles. The number of aromatic hydroxyl groups is 1. The van der Waals surface area contributed by atoms with Crippen LogP contribution in [0.2, 0.25) is 0 Å². The molecule has 2 aliphatic heterocycles. The minimum absolute atomic E-state index is 0.0267. The zero-order valence-corrected chi connectivity index (χ0v) is 17.4. The van der Waals surface area contributed by atoms with Gasteiger partial charge in [0.05, 0.1) is 17.9 Å². The predicted octanol–water partition coefficient (Wildman–Crippen LogP) is 5.48. The molecule has 3 aromatic rings. The Morgan fingerprint density at radius 3 is 2.26 bits per heavy atom. The smallest absolute Gasteiger partial charge is 0.210 e. The maximum atomic E-state index is 9.57. The third kappa shape index (κ3) is 3.90. The van der Waals surface area contributed by atoms with Crippen molar-refractivity contribution in [2.45, 2.75) is 20.4 Å². The van der Waals surface area contributed by atoms with E-state index in [4.69, 9.17) is 9.97 Å². The normalized spacial score (nSPS) is 11.2. The van der Waals surface area contributed by atoms with Gasteiger partial charge in [0.25, 0.3) is 0 Å². The first-order valence-electron chi connectivity index (χ1n) is 10.2. The van der Waals surface area contributed by atoms with E-state index in [-0.39, 0.29) is 5.88 Å². The number of aryl methyl sites for hydroxylation is 2. The molecule has 0 spiro atoms. The molecule has 5 rings (SSSR count). The molecule has 0 bridgehead atoms. The van der Waals surface area contributed by atoms with Crippen molar-refractivity contribution in [3.8, 4) is 39.8 Å². The minimum Gasteiger partial charge on any atom is -0.493 e. The largest absolute Gasteiger partial charge is 0.493 e. The molecule has 0 unspecified atom stereocenters. The van der Waals surface area contributed by atoms with Gasteiger partial charge in [-0.3, -0.25) is 0 Å². The van der Waals surface area contributed by atoms with Gasteiger partial charge in [0, 0.05) is 24.0 Å².